The Morgan fingerprint density at radius 3 is 2.56 bits per heavy atom. The first-order chi connectivity index (χ1) is 12.0. The number of hydrogen-bond donors (Lipinski definition) is 2. The van der Waals surface area contributed by atoms with E-state index in [1.54, 1.807) is 35.2 Å². The number of anilines is 2. The fourth-order valence-electron chi connectivity index (χ4n) is 2.93. The SMILES string of the molecule is CC(=O)Nc1cccc(NC(=O)C2CCCN2C(=O)c2cccs2)c1. The third-order valence-electron chi connectivity index (χ3n) is 4.00. The van der Waals surface area contributed by atoms with Crippen LogP contribution >= 0.6 is 11.3 Å². The zero-order chi connectivity index (χ0) is 17.8. The quantitative estimate of drug-likeness (QED) is 0.883. The van der Waals surface area contributed by atoms with Crippen molar-refractivity contribution in [1.29, 1.82) is 0 Å². The van der Waals surface area contributed by atoms with E-state index in [-0.39, 0.29) is 17.7 Å². The molecule has 3 rings (SSSR count). The second-order valence-corrected chi connectivity index (χ2v) is 6.83. The first-order valence-corrected chi connectivity index (χ1v) is 8.95. The summed E-state index contributed by atoms with van der Waals surface area (Å²) in [5.74, 6) is -0.478. The molecule has 7 heteroatoms. The van der Waals surface area contributed by atoms with E-state index >= 15 is 0 Å². The van der Waals surface area contributed by atoms with E-state index in [2.05, 4.69) is 10.6 Å². The van der Waals surface area contributed by atoms with Gasteiger partial charge in [0, 0.05) is 24.8 Å². The molecule has 1 aromatic heterocycles. The van der Waals surface area contributed by atoms with E-state index in [4.69, 9.17) is 0 Å². The predicted molar refractivity (Wildman–Crippen MR) is 97.8 cm³/mol. The lowest BCUT2D eigenvalue weighted by molar-refractivity contribution is -0.119. The Balaban J connectivity index is 1.70. The molecular weight excluding hydrogens is 338 g/mol. The Morgan fingerprint density at radius 1 is 1.12 bits per heavy atom. The van der Waals surface area contributed by atoms with Gasteiger partial charge in [0.15, 0.2) is 0 Å². The zero-order valence-electron chi connectivity index (χ0n) is 13.8. The number of amides is 3. The molecule has 25 heavy (non-hydrogen) atoms. The predicted octanol–water partition coefficient (Wildman–Crippen LogP) is 2.95. The van der Waals surface area contributed by atoms with Crippen LogP contribution in [0.15, 0.2) is 41.8 Å². The molecule has 3 amide bonds. The van der Waals surface area contributed by atoms with Gasteiger partial charge in [0.2, 0.25) is 11.8 Å². The highest BCUT2D eigenvalue weighted by molar-refractivity contribution is 7.12. The normalized spacial score (nSPS) is 16.5. The fraction of sp³-hybridized carbons (Fsp3) is 0.278. The fourth-order valence-corrected chi connectivity index (χ4v) is 3.61. The number of carbonyl (C=O) groups excluding carboxylic acids is 3. The second kappa shape index (κ2) is 7.48. The summed E-state index contributed by atoms with van der Waals surface area (Å²) in [6, 6.07) is 10.1. The van der Waals surface area contributed by atoms with Crippen LogP contribution in [0.2, 0.25) is 0 Å². The summed E-state index contributed by atoms with van der Waals surface area (Å²) < 4.78 is 0. The molecule has 0 bridgehead atoms. The first kappa shape index (κ1) is 17.2. The number of rotatable bonds is 4. The molecule has 0 radical (unpaired) electrons. The summed E-state index contributed by atoms with van der Waals surface area (Å²) >= 11 is 1.38. The maximum atomic E-state index is 12.6. The van der Waals surface area contributed by atoms with Gasteiger partial charge < -0.3 is 15.5 Å². The minimum Gasteiger partial charge on any atom is -0.326 e. The number of thiophene rings is 1. The maximum absolute atomic E-state index is 12.6. The van der Waals surface area contributed by atoms with Gasteiger partial charge in [-0.05, 0) is 42.5 Å². The van der Waals surface area contributed by atoms with Crippen molar-refractivity contribution in [2.75, 3.05) is 17.2 Å². The molecule has 6 nitrogen and oxygen atoms in total. The Morgan fingerprint density at radius 2 is 1.88 bits per heavy atom. The van der Waals surface area contributed by atoms with Crippen LogP contribution < -0.4 is 10.6 Å². The lowest BCUT2D eigenvalue weighted by Gasteiger charge is -2.23. The summed E-state index contributed by atoms with van der Waals surface area (Å²) in [6.45, 7) is 2.01. The van der Waals surface area contributed by atoms with Crippen molar-refractivity contribution >= 4 is 40.4 Å². The lowest BCUT2D eigenvalue weighted by atomic mass is 10.2. The Kier molecular flexibility index (Phi) is 5.14. The van der Waals surface area contributed by atoms with Crippen molar-refractivity contribution in [3.05, 3.63) is 46.7 Å². The minimum absolute atomic E-state index is 0.0975. The summed E-state index contributed by atoms with van der Waals surface area (Å²) in [5, 5.41) is 7.38. The van der Waals surface area contributed by atoms with Gasteiger partial charge in [-0.25, -0.2) is 0 Å². The van der Waals surface area contributed by atoms with Gasteiger partial charge in [-0.2, -0.15) is 0 Å². The van der Waals surface area contributed by atoms with Crippen LogP contribution in [0.5, 0.6) is 0 Å². The second-order valence-electron chi connectivity index (χ2n) is 5.89. The van der Waals surface area contributed by atoms with Gasteiger partial charge in [0.05, 0.1) is 4.88 Å². The highest BCUT2D eigenvalue weighted by Crippen LogP contribution is 2.24. The van der Waals surface area contributed by atoms with Gasteiger partial charge in [0.1, 0.15) is 6.04 Å². The first-order valence-electron chi connectivity index (χ1n) is 8.07. The van der Waals surface area contributed by atoms with Crippen LogP contribution in [0.4, 0.5) is 11.4 Å². The molecular formula is C18H19N3O3S. The van der Waals surface area contributed by atoms with Crippen molar-refractivity contribution in [3.8, 4) is 0 Å². The van der Waals surface area contributed by atoms with E-state index in [9.17, 15) is 14.4 Å². The number of likely N-dealkylation sites (tertiary alicyclic amines) is 1. The monoisotopic (exact) mass is 357 g/mol. The average Bonchev–Trinajstić information content (AvgIpc) is 3.26. The van der Waals surface area contributed by atoms with Crippen LogP contribution in [0.25, 0.3) is 0 Å². The molecule has 1 aromatic carbocycles. The topological polar surface area (TPSA) is 78.5 Å². The van der Waals surface area contributed by atoms with Gasteiger partial charge in [-0.3, -0.25) is 14.4 Å². The molecule has 1 atom stereocenters. The number of nitrogens with one attached hydrogen (secondary N) is 2. The van der Waals surface area contributed by atoms with Crippen LogP contribution in [-0.2, 0) is 9.59 Å². The van der Waals surface area contributed by atoms with E-state index in [1.165, 1.54) is 18.3 Å². The van der Waals surface area contributed by atoms with Gasteiger partial charge in [-0.1, -0.05) is 12.1 Å². The van der Waals surface area contributed by atoms with E-state index in [0.717, 1.165) is 6.42 Å². The molecule has 2 aromatic rings. The molecule has 0 aliphatic carbocycles. The smallest absolute Gasteiger partial charge is 0.264 e. The third-order valence-corrected chi connectivity index (χ3v) is 4.86. The Labute approximate surface area is 149 Å². The average molecular weight is 357 g/mol. The molecule has 2 heterocycles. The van der Waals surface area contributed by atoms with Crippen LogP contribution in [0.3, 0.4) is 0 Å². The van der Waals surface area contributed by atoms with Crippen molar-refractivity contribution < 1.29 is 14.4 Å². The molecule has 0 spiro atoms. The number of nitrogens with zero attached hydrogens (tertiary/aromatic N) is 1. The summed E-state index contributed by atoms with van der Waals surface area (Å²) in [4.78, 5) is 38.6. The lowest BCUT2D eigenvalue weighted by Crippen LogP contribution is -2.42. The van der Waals surface area contributed by atoms with Crippen molar-refractivity contribution in [2.45, 2.75) is 25.8 Å². The van der Waals surface area contributed by atoms with Crippen LogP contribution in [-0.4, -0.2) is 35.2 Å². The minimum atomic E-state index is -0.473. The summed E-state index contributed by atoms with van der Waals surface area (Å²) in [7, 11) is 0. The van der Waals surface area contributed by atoms with E-state index in [1.807, 2.05) is 11.4 Å². The van der Waals surface area contributed by atoms with Gasteiger partial charge >= 0.3 is 0 Å². The van der Waals surface area contributed by atoms with Crippen molar-refractivity contribution in [3.63, 3.8) is 0 Å². The van der Waals surface area contributed by atoms with Gasteiger partial charge in [-0.15, -0.1) is 11.3 Å². The summed E-state index contributed by atoms with van der Waals surface area (Å²) in [6.07, 6.45) is 1.45. The standard InChI is InChI=1S/C18H19N3O3S/c1-12(22)19-13-5-2-6-14(11-13)20-17(23)15-7-3-9-21(15)18(24)16-8-4-10-25-16/h2,4-6,8,10-11,15H,3,7,9H2,1H3,(H,19,22)(H,20,23). The zero-order valence-corrected chi connectivity index (χ0v) is 14.6. The molecule has 1 unspecified atom stereocenters. The van der Waals surface area contributed by atoms with Crippen molar-refractivity contribution in [1.82, 2.24) is 4.90 Å². The molecule has 1 fully saturated rings. The number of hydrogen-bond acceptors (Lipinski definition) is 4. The molecule has 1 aliphatic heterocycles. The maximum Gasteiger partial charge on any atom is 0.264 e. The highest BCUT2D eigenvalue weighted by Gasteiger charge is 2.34. The molecule has 1 saturated heterocycles. The van der Waals surface area contributed by atoms with Gasteiger partial charge in [0.25, 0.3) is 5.91 Å². The molecule has 2 N–H and O–H groups in total. The van der Waals surface area contributed by atoms with Crippen LogP contribution in [0, 0.1) is 0 Å². The molecule has 130 valence electrons. The molecule has 0 saturated carbocycles. The number of carbonyl (C=O) groups is 3. The Hall–Kier alpha value is -2.67. The Bertz CT molecular complexity index is 789. The largest absolute Gasteiger partial charge is 0.326 e. The third kappa shape index (κ3) is 4.06. The van der Waals surface area contributed by atoms with Crippen molar-refractivity contribution in [2.24, 2.45) is 0 Å². The highest BCUT2D eigenvalue weighted by atomic mass is 32.1. The number of benzene rings is 1. The summed E-state index contributed by atoms with van der Waals surface area (Å²) in [5.41, 5.74) is 1.20. The van der Waals surface area contributed by atoms with Crippen LogP contribution in [0.1, 0.15) is 29.4 Å². The molecule has 1 aliphatic rings. The van der Waals surface area contributed by atoms with E-state index < -0.39 is 6.04 Å². The van der Waals surface area contributed by atoms with E-state index in [0.29, 0.717) is 29.2 Å².